The molecule has 0 radical (unpaired) electrons. The topological polar surface area (TPSA) is 49.3 Å². The third-order valence-electron chi connectivity index (χ3n) is 2.80. The fourth-order valence-electron chi connectivity index (χ4n) is 1.83. The quantitative estimate of drug-likeness (QED) is 0.890. The Hall–Kier alpha value is -2.36. The van der Waals surface area contributed by atoms with Crippen molar-refractivity contribution in [3.8, 4) is 5.75 Å². The molecular weight excluding hydrogens is 245 g/mol. The lowest BCUT2D eigenvalue weighted by Gasteiger charge is -2.08. The Kier molecular flexibility index (Phi) is 3.80. The van der Waals surface area contributed by atoms with Crippen LogP contribution in [-0.4, -0.2) is 11.0 Å². The molecule has 0 spiro atoms. The summed E-state index contributed by atoms with van der Waals surface area (Å²) in [6, 6.07) is 10.7. The van der Waals surface area contributed by atoms with Gasteiger partial charge in [-0.3, -0.25) is 4.79 Å². The summed E-state index contributed by atoms with van der Waals surface area (Å²) in [6.07, 6.45) is 0. The third-order valence-corrected chi connectivity index (χ3v) is 2.80. The number of nitrogens with one attached hydrogen (secondary N) is 1. The van der Waals surface area contributed by atoms with Gasteiger partial charge in [0.25, 0.3) is 5.91 Å². The van der Waals surface area contributed by atoms with Gasteiger partial charge in [-0.15, -0.1) is 0 Å². The Morgan fingerprint density at radius 1 is 1.26 bits per heavy atom. The van der Waals surface area contributed by atoms with Crippen LogP contribution in [0.2, 0.25) is 0 Å². The van der Waals surface area contributed by atoms with Gasteiger partial charge in [0.05, 0.1) is 0 Å². The Morgan fingerprint density at radius 3 is 2.74 bits per heavy atom. The van der Waals surface area contributed by atoms with Crippen molar-refractivity contribution >= 4 is 5.91 Å². The van der Waals surface area contributed by atoms with Gasteiger partial charge in [0.15, 0.2) is 0 Å². The highest BCUT2D eigenvalue weighted by molar-refractivity contribution is 5.95. The molecule has 2 N–H and O–H groups in total. The Bertz CT molecular complexity index is 611. The maximum absolute atomic E-state index is 12.9. The molecule has 0 aromatic heterocycles. The number of halogens is 1. The standard InChI is InChI=1S/C15H14FNO2/c1-10-7-12(16)5-6-14(10)15(19)17-9-11-3-2-4-13(18)8-11/h2-8,18H,9H2,1H3,(H,17,19). The van der Waals surface area contributed by atoms with Crippen LogP contribution >= 0.6 is 0 Å². The van der Waals surface area contributed by atoms with Crippen LogP contribution in [0.3, 0.4) is 0 Å². The molecule has 0 aliphatic heterocycles. The van der Waals surface area contributed by atoms with E-state index in [4.69, 9.17) is 0 Å². The third kappa shape index (κ3) is 3.31. The van der Waals surface area contributed by atoms with Crippen LogP contribution in [0, 0.1) is 12.7 Å². The first-order valence-electron chi connectivity index (χ1n) is 5.88. The first-order chi connectivity index (χ1) is 9.06. The molecule has 0 aliphatic rings. The molecule has 4 heteroatoms. The van der Waals surface area contributed by atoms with E-state index >= 15 is 0 Å². The number of phenols is 1. The average Bonchev–Trinajstić information content (AvgIpc) is 2.36. The number of rotatable bonds is 3. The molecule has 0 unspecified atom stereocenters. The minimum Gasteiger partial charge on any atom is -0.508 e. The van der Waals surface area contributed by atoms with Crippen molar-refractivity contribution < 1.29 is 14.3 Å². The monoisotopic (exact) mass is 259 g/mol. The van der Waals surface area contributed by atoms with E-state index in [9.17, 15) is 14.3 Å². The molecule has 1 amide bonds. The van der Waals surface area contributed by atoms with Gasteiger partial charge in [-0.1, -0.05) is 12.1 Å². The molecule has 0 aliphatic carbocycles. The lowest BCUT2D eigenvalue weighted by atomic mass is 10.1. The van der Waals surface area contributed by atoms with Gasteiger partial charge in [0, 0.05) is 12.1 Å². The minimum atomic E-state index is -0.359. The first-order valence-corrected chi connectivity index (χ1v) is 5.88. The van der Waals surface area contributed by atoms with Gasteiger partial charge in [-0.05, 0) is 48.4 Å². The van der Waals surface area contributed by atoms with Crippen molar-refractivity contribution in [2.24, 2.45) is 0 Å². The first kappa shape index (κ1) is 13.1. The van der Waals surface area contributed by atoms with Crippen LogP contribution in [0.5, 0.6) is 5.75 Å². The van der Waals surface area contributed by atoms with Gasteiger partial charge in [-0.2, -0.15) is 0 Å². The molecule has 2 aromatic rings. The molecule has 2 aromatic carbocycles. The summed E-state index contributed by atoms with van der Waals surface area (Å²) in [5.41, 5.74) is 1.84. The number of carbonyl (C=O) groups excluding carboxylic acids is 1. The molecule has 0 heterocycles. The van der Waals surface area contributed by atoms with E-state index in [1.165, 1.54) is 18.2 Å². The molecule has 0 saturated heterocycles. The van der Waals surface area contributed by atoms with Crippen molar-refractivity contribution in [1.29, 1.82) is 0 Å². The molecule has 0 atom stereocenters. The predicted octanol–water partition coefficient (Wildman–Crippen LogP) is 2.77. The minimum absolute atomic E-state index is 0.157. The van der Waals surface area contributed by atoms with Gasteiger partial charge >= 0.3 is 0 Å². The number of aromatic hydroxyl groups is 1. The van der Waals surface area contributed by atoms with Crippen LogP contribution in [0.15, 0.2) is 42.5 Å². The highest BCUT2D eigenvalue weighted by Crippen LogP contribution is 2.12. The maximum atomic E-state index is 12.9. The molecular formula is C15H14FNO2. The van der Waals surface area contributed by atoms with E-state index in [1.807, 2.05) is 0 Å². The second kappa shape index (κ2) is 5.52. The zero-order valence-electron chi connectivity index (χ0n) is 10.5. The van der Waals surface area contributed by atoms with Crippen molar-refractivity contribution in [3.63, 3.8) is 0 Å². The summed E-state index contributed by atoms with van der Waals surface area (Å²) >= 11 is 0. The molecule has 98 valence electrons. The van der Waals surface area contributed by atoms with Gasteiger partial charge in [0.2, 0.25) is 0 Å². The maximum Gasteiger partial charge on any atom is 0.251 e. The fourth-order valence-corrected chi connectivity index (χ4v) is 1.83. The van der Waals surface area contributed by atoms with Gasteiger partial charge in [0.1, 0.15) is 11.6 Å². The van der Waals surface area contributed by atoms with E-state index in [1.54, 1.807) is 31.2 Å². The molecule has 0 bridgehead atoms. The summed E-state index contributed by atoms with van der Waals surface area (Å²) in [5, 5.41) is 12.0. The van der Waals surface area contributed by atoms with Crippen LogP contribution in [-0.2, 0) is 6.54 Å². The molecule has 3 nitrogen and oxygen atoms in total. The molecule has 2 rings (SSSR count). The zero-order chi connectivity index (χ0) is 13.8. The number of hydrogen-bond donors (Lipinski definition) is 2. The van der Waals surface area contributed by atoms with Crippen molar-refractivity contribution in [3.05, 3.63) is 65.0 Å². The molecule has 0 saturated carbocycles. The summed E-state index contributed by atoms with van der Waals surface area (Å²) in [7, 11) is 0. The molecule has 0 fully saturated rings. The van der Waals surface area contributed by atoms with E-state index in [0.29, 0.717) is 17.7 Å². The summed E-state index contributed by atoms with van der Waals surface area (Å²) in [5.74, 6) is -0.465. The lowest BCUT2D eigenvalue weighted by Crippen LogP contribution is -2.23. The molecule has 19 heavy (non-hydrogen) atoms. The van der Waals surface area contributed by atoms with Crippen LogP contribution in [0.1, 0.15) is 21.5 Å². The van der Waals surface area contributed by atoms with Gasteiger partial charge in [-0.25, -0.2) is 4.39 Å². The number of amides is 1. The Balaban J connectivity index is 2.05. The largest absolute Gasteiger partial charge is 0.508 e. The lowest BCUT2D eigenvalue weighted by molar-refractivity contribution is 0.0950. The van der Waals surface area contributed by atoms with Crippen molar-refractivity contribution in [2.45, 2.75) is 13.5 Å². The van der Waals surface area contributed by atoms with E-state index in [-0.39, 0.29) is 17.5 Å². The van der Waals surface area contributed by atoms with Gasteiger partial charge < -0.3 is 10.4 Å². The fraction of sp³-hybridized carbons (Fsp3) is 0.133. The number of aryl methyl sites for hydroxylation is 1. The van der Waals surface area contributed by atoms with E-state index in [0.717, 1.165) is 5.56 Å². The smallest absolute Gasteiger partial charge is 0.251 e. The van der Waals surface area contributed by atoms with E-state index in [2.05, 4.69) is 5.32 Å². The van der Waals surface area contributed by atoms with E-state index < -0.39 is 0 Å². The number of hydrogen-bond acceptors (Lipinski definition) is 2. The highest BCUT2D eigenvalue weighted by Gasteiger charge is 2.09. The predicted molar refractivity (Wildman–Crippen MR) is 70.4 cm³/mol. The average molecular weight is 259 g/mol. The second-order valence-electron chi connectivity index (χ2n) is 4.31. The van der Waals surface area contributed by atoms with Crippen molar-refractivity contribution in [1.82, 2.24) is 5.32 Å². The summed E-state index contributed by atoms with van der Waals surface area (Å²) in [6.45, 7) is 2.00. The second-order valence-corrected chi connectivity index (χ2v) is 4.31. The number of benzene rings is 2. The SMILES string of the molecule is Cc1cc(F)ccc1C(=O)NCc1cccc(O)c1. The van der Waals surface area contributed by atoms with Crippen LogP contribution in [0.25, 0.3) is 0 Å². The van der Waals surface area contributed by atoms with Crippen LogP contribution in [0.4, 0.5) is 4.39 Å². The summed E-state index contributed by atoms with van der Waals surface area (Å²) < 4.78 is 12.9. The summed E-state index contributed by atoms with van der Waals surface area (Å²) in [4.78, 5) is 11.9. The number of carbonyl (C=O) groups is 1. The zero-order valence-corrected chi connectivity index (χ0v) is 10.5. The normalized spacial score (nSPS) is 10.2. The highest BCUT2D eigenvalue weighted by atomic mass is 19.1. The van der Waals surface area contributed by atoms with Crippen LogP contribution < -0.4 is 5.32 Å². The Morgan fingerprint density at radius 2 is 2.05 bits per heavy atom. The van der Waals surface area contributed by atoms with Crippen molar-refractivity contribution in [2.75, 3.05) is 0 Å². The number of phenolic OH excluding ortho intramolecular Hbond substituents is 1. The Labute approximate surface area is 110 Å².